The van der Waals surface area contributed by atoms with Gasteiger partial charge in [-0.2, -0.15) is 0 Å². The molecule has 0 radical (unpaired) electrons. The SMILES string of the molecule is CCOC(=O)CNC(=S)N1CCC(C(=O)N2CCCC2)CC1. The van der Waals surface area contributed by atoms with Crippen molar-refractivity contribution in [2.75, 3.05) is 39.3 Å². The molecule has 22 heavy (non-hydrogen) atoms. The number of nitrogens with zero attached hydrogens (tertiary/aromatic N) is 2. The van der Waals surface area contributed by atoms with Crippen LogP contribution in [0.5, 0.6) is 0 Å². The molecule has 0 aliphatic carbocycles. The lowest BCUT2D eigenvalue weighted by atomic mass is 9.95. The van der Waals surface area contributed by atoms with Gasteiger partial charge < -0.3 is 19.9 Å². The number of esters is 1. The van der Waals surface area contributed by atoms with Gasteiger partial charge in [-0.25, -0.2) is 0 Å². The fourth-order valence-electron chi connectivity index (χ4n) is 3.00. The summed E-state index contributed by atoms with van der Waals surface area (Å²) < 4.78 is 4.86. The Balaban J connectivity index is 1.70. The Morgan fingerprint density at radius 1 is 1.14 bits per heavy atom. The number of ether oxygens (including phenoxy) is 1. The van der Waals surface area contributed by atoms with Gasteiger partial charge in [-0.3, -0.25) is 9.59 Å². The van der Waals surface area contributed by atoms with Crippen molar-refractivity contribution in [3.8, 4) is 0 Å². The van der Waals surface area contributed by atoms with Crippen molar-refractivity contribution in [3.63, 3.8) is 0 Å². The number of hydrogen-bond acceptors (Lipinski definition) is 4. The average molecular weight is 327 g/mol. The first-order valence-corrected chi connectivity index (χ1v) is 8.49. The maximum atomic E-state index is 12.4. The standard InChI is InChI=1S/C15H25N3O3S/c1-2-21-13(19)11-16-15(22)18-9-5-12(6-10-18)14(20)17-7-3-4-8-17/h12H,2-11H2,1H3,(H,16,22). The highest BCUT2D eigenvalue weighted by Crippen LogP contribution is 2.22. The molecule has 124 valence electrons. The fourth-order valence-corrected chi connectivity index (χ4v) is 3.25. The lowest BCUT2D eigenvalue weighted by molar-refractivity contribution is -0.141. The quantitative estimate of drug-likeness (QED) is 0.608. The van der Waals surface area contributed by atoms with E-state index in [0.717, 1.165) is 51.9 Å². The van der Waals surface area contributed by atoms with E-state index in [1.54, 1.807) is 6.92 Å². The van der Waals surface area contributed by atoms with Gasteiger partial charge in [0, 0.05) is 32.1 Å². The third-order valence-electron chi connectivity index (χ3n) is 4.24. The molecule has 0 saturated carbocycles. The van der Waals surface area contributed by atoms with E-state index in [9.17, 15) is 9.59 Å². The minimum atomic E-state index is -0.302. The Morgan fingerprint density at radius 2 is 1.77 bits per heavy atom. The number of amides is 1. The van der Waals surface area contributed by atoms with Crippen molar-refractivity contribution in [3.05, 3.63) is 0 Å². The third-order valence-corrected chi connectivity index (χ3v) is 4.64. The largest absolute Gasteiger partial charge is 0.465 e. The molecule has 0 aromatic heterocycles. The van der Waals surface area contributed by atoms with E-state index in [1.807, 2.05) is 9.80 Å². The number of carbonyl (C=O) groups is 2. The number of likely N-dealkylation sites (tertiary alicyclic amines) is 2. The summed E-state index contributed by atoms with van der Waals surface area (Å²) in [4.78, 5) is 27.7. The molecule has 6 nitrogen and oxygen atoms in total. The zero-order chi connectivity index (χ0) is 15.9. The molecule has 0 aromatic carbocycles. The molecular weight excluding hydrogens is 302 g/mol. The topological polar surface area (TPSA) is 61.9 Å². The maximum absolute atomic E-state index is 12.4. The van der Waals surface area contributed by atoms with E-state index in [2.05, 4.69) is 5.32 Å². The highest BCUT2D eigenvalue weighted by Gasteiger charge is 2.30. The lowest BCUT2D eigenvalue weighted by Gasteiger charge is -2.34. The van der Waals surface area contributed by atoms with Crippen LogP contribution < -0.4 is 5.32 Å². The molecule has 0 atom stereocenters. The van der Waals surface area contributed by atoms with Gasteiger partial charge >= 0.3 is 5.97 Å². The van der Waals surface area contributed by atoms with Crippen molar-refractivity contribution in [2.45, 2.75) is 32.6 Å². The molecule has 2 aliphatic rings. The van der Waals surface area contributed by atoms with Gasteiger partial charge in [0.25, 0.3) is 0 Å². The van der Waals surface area contributed by atoms with Gasteiger partial charge in [0.05, 0.1) is 6.61 Å². The third kappa shape index (κ3) is 4.56. The van der Waals surface area contributed by atoms with Crippen LogP contribution in [0.25, 0.3) is 0 Å². The Bertz CT molecular complexity index is 416. The second-order valence-electron chi connectivity index (χ2n) is 5.76. The molecule has 1 N–H and O–H groups in total. The molecule has 7 heteroatoms. The van der Waals surface area contributed by atoms with Crippen molar-refractivity contribution >= 4 is 29.2 Å². The highest BCUT2D eigenvalue weighted by molar-refractivity contribution is 7.80. The lowest BCUT2D eigenvalue weighted by Crippen LogP contribution is -2.48. The first kappa shape index (κ1) is 17.0. The molecule has 0 unspecified atom stereocenters. The van der Waals surface area contributed by atoms with Crippen LogP contribution in [0, 0.1) is 5.92 Å². The molecule has 0 spiro atoms. The zero-order valence-corrected chi connectivity index (χ0v) is 14.0. The number of carbonyl (C=O) groups excluding carboxylic acids is 2. The minimum Gasteiger partial charge on any atom is -0.465 e. The van der Waals surface area contributed by atoms with Crippen LogP contribution in [0.1, 0.15) is 32.6 Å². The van der Waals surface area contributed by atoms with Crippen LogP contribution in [0.2, 0.25) is 0 Å². The first-order valence-electron chi connectivity index (χ1n) is 8.09. The Labute approximate surface area is 137 Å². The zero-order valence-electron chi connectivity index (χ0n) is 13.2. The Morgan fingerprint density at radius 3 is 2.36 bits per heavy atom. The van der Waals surface area contributed by atoms with Crippen LogP contribution in [-0.2, 0) is 14.3 Å². The van der Waals surface area contributed by atoms with Gasteiger partial charge in [0.2, 0.25) is 5.91 Å². The molecule has 2 saturated heterocycles. The van der Waals surface area contributed by atoms with Crippen LogP contribution in [-0.4, -0.2) is 66.1 Å². The first-order chi connectivity index (χ1) is 10.6. The molecule has 2 fully saturated rings. The predicted octanol–water partition coefficient (Wildman–Crippen LogP) is 0.758. The number of hydrogen-bond donors (Lipinski definition) is 1. The smallest absolute Gasteiger partial charge is 0.325 e. The van der Waals surface area contributed by atoms with Gasteiger partial charge in [0.15, 0.2) is 5.11 Å². The molecule has 0 bridgehead atoms. The fraction of sp³-hybridized carbons (Fsp3) is 0.800. The van der Waals surface area contributed by atoms with Gasteiger partial charge in [0.1, 0.15) is 6.54 Å². The summed E-state index contributed by atoms with van der Waals surface area (Å²) in [6.07, 6.45) is 3.92. The molecule has 1 amide bonds. The van der Waals surface area contributed by atoms with Crippen molar-refractivity contribution in [1.29, 1.82) is 0 Å². The van der Waals surface area contributed by atoms with E-state index in [4.69, 9.17) is 17.0 Å². The van der Waals surface area contributed by atoms with E-state index >= 15 is 0 Å². The summed E-state index contributed by atoms with van der Waals surface area (Å²) in [6, 6.07) is 0. The summed E-state index contributed by atoms with van der Waals surface area (Å²) in [5, 5.41) is 3.49. The van der Waals surface area contributed by atoms with Crippen LogP contribution in [0.3, 0.4) is 0 Å². The van der Waals surface area contributed by atoms with Gasteiger partial charge in [-0.15, -0.1) is 0 Å². The van der Waals surface area contributed by atoms with Gasteiger partial charge in [-0.05, 0) is 44.8 Å². The van der Waals surface area contributed by atoms with Crippen LogP contribution >= 0.6 is 12.2 Å². The minimum absolute atomic E-state index is 0.0965. The number of nitrogens with one attached hydrogen (secondary N) is 1. The summed E-state index contributed by atoms with van der Waals surface area (Å²) in [5.74, 6) is 0.133. The van der Waals surface area contributed by atoms with E-state index in [0.29, 0.717) is 17.6 Å². The molecule has 0 aromatic rings. The van der Waals surface area contributed by atoms with E-state index in [-0.39, 0.29) is 18.4 Å². The summed E-state index contributed by atoms with van der Waals surface area (Å²) in [6.45, 7) is 5.60. The van der Waals surface area contributed by atoms with Crippen LogP contribution in [0.4, 0.5) is 0 Å². The van der Waals surface area contributed by atoms with E-state index in [1.165, 1.54) is 0 Å². The van der Waals surface area contributed by atoms with Crippen molar-refractivity contribution < 1.29 is 14.3 Å². The van der Waals surface area contributed by atoms with Gasteiger partial charge in [-0.1, -0.05) is 0 Å². The average Bonchev–Trinajstić information content (AvgIpc) is 3.07. The van der Waals surface area contributed by atoms with E-state index < -0.39 is 0 Å². The highest BCUT2D eigenvalue weighted by atomic mass is 32.1. The second kappa shape index (κ2) is 8.31. The number of rotatable bonds is 4. The number of thiocarbonyl (C=S) groups is 1. The Kier molecular flexibility index (Phi) is 6.42. The molecule has 2 aliphatic heterocycles. The second-order valence-corrected chi connectivity index (χ2v) is 6.14. The molecule has 2 heterocycles. The predicted molar refractivity (Wildman–Crippen MR) is 87.3 cm³/mol. The summed E-state index contributed by atoms with van der Waals surface area (Å²) in [5.41, 5.74) is 0. The number of piperidine rings is 1. The maximum Gasteiger partial charge on any atom is 0.325 e. The Hall–Kier alpha value is -1.37. The van der Waals surface area contributed by atoms with Crippen molar-refractivity contribution in [1.82, 2.24) is 15.1 Å². The molecule has 2 rings (SSSR count). The summed E-state index contributed by atoms with van der Waals surface area (Å²) >= 11 is 5.30. The van der Waals surface area contributed by atoms with Crippen molar-refractivity contribution in [2.24, 2.45) is 5.92 Å². The molecular formula is C15H25N3O3S. The normalized spacial score (nSPS) is 19.1. The summed E-state index contributed by atoms with van der Waals surface area (Å²) in [7, 11) is 0. The monoisotopic (exact) mass is 327 g/mol. The van der Waals surface area contributed by atoms with Crippen LogP contribution in [0.15, 0.2) is 0 Å².